The van der Waals surface area contributed by atoms with E-state index >= 15 is 0 Å². The Bertz CT molecular complexity index is 459. The topological polar surface area (TPSA) is 55.6 Å². The fourth-order valence-electron chi connectivity index (χ4n) is 2.57. The van der Waals surface area contributed by atoms with E-state index in [1.165, 1.54) is 12.8 Å². The zero-order valence-electron chi connectivity index (χ0n) is 11.7. The van der Waals surface area contributed by atoms with E-state index in [0.29, 0.717) is 17.9 Å². The number of ether oxygens (including phenoxy) is 1. The van der Waals surface area contributed by atoms with Gasteiger partial charge < -0.3 is 15.4 Å². The van der Waals surface area contributed by atoms with Crippen molar-refractivity contribution in [3.8, 4) is 0 Å². The van der Waals surface area contributed by atoms with Crippen LogP contribution >= 0.6 is 0 Å². The van der Waals surface area contributed by atoms with Crippen molar-refractivity contribution < 1.29 is 9.53 Å². The third kappa shape index (κ3) is 3.00. The van der Waals surface area contributed by atoms with Crippen molar-refractivity contribution in [2.24, 2.45) is 5.92 Å². The highest BCUT2D eigenvalue weighted by molar-refractivity contribution is 5.92. The first kappa shape index (κ1) is 13.7. The molecule has 0 bridgehead atoms. The lowest BCUT2D eigenvalue weighted by atomic mass is 10.1. The number of esters is 1. The highest BCUT2D eigenvalue weighted by Gasteiger charge is 2.23. The van der Waals surface area contributed by atoms with Gasteiger partial charge in [0.15, 0.2) is 0 Å². The van der Waals surface area contributed by atoms with E-state index in [1.807, 2.05) is 6.07 Å². The highest BCUT2D eigenvalue weighted by Crippen LogP contribution is 2.30. The largest absolute Gasteiger partial charge is 0.462 e. The number of hydrogen-bond donors (Lipinski definition) is 1. The summed E-state index contributed by atoms with van der Waals surface area (Å²) in [5.41, 5.74) is 8.28. The quantitative estimate of drug-likeness (QED) is 0.669. The molecule has 1 unspecified atom stereocenters. The van der Waals surface area contributed by atoms with Crippen LogP contribution in [0.15, 0.2) is 18.2 Å². The molecule has 0 aliphatic carbocycles. The van der Waals surface area contributed by atoms with Crippen molar-refractivity contribution in [1.29, 1.82) is 0 Å². The number of nitrogens with zero attached hydrogens (tertiary/aromatic N) is 1. The Balaban J connectivity index is 2.13. The summed E-state index contributed by atoms with van der Waals surface area (Å²) in [7, 11) is 0. The maximum atomic E-state index is 11.6. The predicted molar refractivity (Wildman–Crippen MR) is 77.4 cm³/mol. The minimum atomic E-state index is -0.311. The molecule has 0 radical (unpaired) electrons. The van der Waals surface area contributed by atoms with Crippen LogP contribution in [0, 0.1) is 5.92 Å². The molecule has 0 amide bonds. The summed E-state index contributed by atoms with van der Waals surface area (Å²) in [4.78, 5) is 13.9. The molecule has 0 saturated carbocycles. The van der Waals surface area contributed by atoms with Crippen LogP contribution in [0.3, 0.4) is 0 Å². The molecular weight excluding hydrogens is 240 g/mol. The summed E-state index contributed by atoms with van der Waals surface area (Å²) in [5.74, 6) is 0.442. The fraction of sp³-hybridized carbons (Fsp3) is 0.533. The first-order chi connectivity index (χ1) is 9.15. The molecule has 1 aromatic carbocycles. The Morgan fingerprint density at radius 3 is 2.84 bits per heavy atom. The van der Waals surface area contributed by atoms with Gasteiger partial charge >= 0.3 is 5.97 Å². The third-order valence-corrected chi connectivity index (χ3v) is 3.74. The van der Waals surface area contributed by atoms with Gasteiger partial charge in [-0.05, 0) is 37.5 Å². The van der Waals surface area contributed by atoms with Crippen molar-refractivity contribution >= 4 is 17.3 Å². The van der Waals surface area contributed by atoms with Crippen molar-refractivity contribution in [2.45, 2.75) is 26.7 Å². The van der Waals surface area contributed by atoms with Gasteiger partial charge in [-0.3, -0.25) is 0 Å². The molecule has 1 atom stereocenters. The summed E-state index contributed by atoms with van der Waals surface area (Å²) < 4.78 is 4.97. The standard InChI is InChI=1S/C15H22N2O2/c1-3-11-7-8-17(10-11)14-6-5-12(9-13(14)16)15(18)19-4-2/h5-6,9,11H,3-4,7-8,10,16H2,1-2H3. The first-order valence-electron chi connectivity index (χ1n) is 6.97. The number of nitrogen functional groups attached to an aromatic ring is 1. The molecule has 104 valence electrons. The molecule has 2 rings (SSSR count). The van der Waals surface area contributed by atoms with Crippen molar-refractivity contribution in [3.63, 3.8) is 0 Å². The zero-order valence-corrected chi connectivity index (χ0v) is 11.7. The summed E-state index contributed by atoms with van der Waals surface area (Å²) in [6.07, 6.45) is 2.42. The molecule has 4 nitrogen and oxygen atoms in total. The van der Waals surface area contributed by atoms with E-state index in [1.54, 1.807) is 19.1 Å². The first-order valence-corrected chi connectivity index (χ1v) is 6.97. The number of benzene rings is 1. The molecule has 19 heavy (non-hydrogen) atoms. The lowest BCUT2D eigenvalue weighted by Gasteiger charge is -2.21. The molecule has 2 N–H and O–H groups in total. The second-order valence-electron chi connectivity index (χ2n) is 5.00. The maximum absolute atomic E-state index is 11.6. The van der Waals surface area contributed by atoms with Gasteiger partial charge in [-0.2, -0.15) is 0 Å². The van der Waals surface area contributed by atoms with Crippen molar-refractivity contribution in [1.82, 2.24) is 0 Å². The van der Waals surface area contributed by atoms with E-state index in [4.69, 9.17) is 10.5 Å². The molecule has 0 aromatic heterocycles. The van der Waals surface area contributed by atoms with Gasteiger partial charge in [0.1, 0.15) is 0 Å². The van der Waals surface area contributed by atoms with Gasteiger partial charge in [-0.25, -0.2) is 4.79 Å². The lowest BCUT2D eigenvalue weighted by molar-refractivity contribution is 0.0526. The summed E-state index contributed by atoms with van der Waals surface area (Å²) >= 11 is 0. The zero-order chi connectivity index (χ0) is 13.8. The number of hydrogen-bond acceptors (Lipinski definition) is 4. The van der Waals surface area contributed by atoms with Gasteiger partial charge in [0, 0.05) is 13.1 Å². The fourth-order valence-corrected chi connectivity index (χ4v) is 2.57. The van der Waals surface area contributed by atoms with Crippen molar-refractivity contribution in [3.05, 3.63) is 23.8 Å². The normalized spacial score (nSPS) is 18.6. The van der Waals surface area contributed by atoms with E-state index in [-0.39, 0.29) is 5.97 Å². The van der Waals surface area contributed by atoms with Gasteiger partial charge in [-0.15, -0.1) is 0 Å². The van der Waals surface area contributed by atoms with Gasteiger partial charge in [-0.1, -0.05) is 13.3 Å². The predicted octanol–water partition coefficient (Wildman–Crippen LogP) is 2.68. The van der Waals surface area contributed by atoms with Gasteiger partial charge in [0.2, 0.25) is 0 Å². The summed E-state index contributed by atoms with van der Waals surface area (Å²) in [6, 6.07) is 5.44. The monoisotopic (exact) mass is 262 g/mol. The summed E-state index contributed by atoms with van der Waals surface area (Å²) in [6.45, 7) is 6.50. The Morgan fingerprint density at radius 2 is 2.26 bits per heavy atom. The molecule has 1 heterocycles. The Labute approximate surface area is 114 Å². The van der Waals surface area contributed by atoms with Crippen LogP contribution in [0.4, 0.5) is 11.4 Å². The van der Waals surface area contributed by atoms with Crippen LogP contribution in [0.2, 0.25) is 0 Å². The van der Waals surface area contributed by atoms with Gasteiger partial charge in [0.05, 0.1) is 23.5 Å². The average Bonchev–Trinajstić information content (AvgIpc) is 2.87. The molecule has 1 aromatic rings. The Hall–Kier alpha value is -1.71. The Kier molecular flexibility index (Phi) is 4.30. The number of carbonyl (C=O) groups is 1. The Morgan fingerprint density at radius 1 is 1.47 bits per heavy atom. The van der Waals surface area contributed by atoms with Crippen molar-refractivity contribution in [2.75, 3.05) is 30.3 Å². The number of rotatable bonds is 4. The highest BCUT2D eigenvalue weighted by atomic mass is 16.5. The van der Waals surface area contributed by atoms with Crippen LogP contribution in [0.25, 0.3) is 0 Å². The number of nitrogens with two attached hydrogens (primary N) is 1. The molecular formula is C15H22N2O2. The number of carbonyl (C=O) groups excluding carboxylic acids is 1. The second-order valence-corrected chi connectivity index (χ2v) is 5.00. The van der Waals surface area contributed by atoms with E-state index in [9.17, 15) is 4.79 Å². The molecule has 1 saturated heterocycles. The maximum Gasteiger partial charge on any atom is 0.338 e. The molecule has 0 spiro atoms. The molecule has 4 heteroatoms. The molecule has 1 aliphatic rings. The third-order valence-electron chi connectivity index (χ3n) is 3.74. The van der Waals surface area contributed by atoms with E-state index < -0.39 is 0 Å². The van der Waals surface area contributed by atoms with Crippen LogP contribution in [0.5, 0.6) is 0 Å². The minimum absolute atomic E-state index is 0.311. The SMILES string of the molecule is CCOC(=O)c1ccc(N2CCC(CC)C2)c(N)c1. The lowest BCUT2D eigenvalue weighted by Crippen LogP contribution is -2.21. The summed E-state index contributed by atoms with van der Waals surface area (Å²) in [5, 5.41) is 0. The minimum Gasteiger partial charge on any atom is -0.462 e. The number of anilines is 2. The van der Waals surface area contributed by atoms with Crippen LogP contribution in [-0.2, 0) is 4.74 Å². The van der Waals surface area contributed by atoms with Crippen LogP contribution < -0.4 is 10.6 Å². The molecule has 1 fully saturated rings. The molecule has 1 aliphatic heterocycles. The average molecular weight is 262 g/mol. The second kappa shape index (κ2) is 5.95. The van der Waals surface area contributed by atoms with Crippen LogP contribution in [0.1, 0.15) is 37.0 Å². The van der Waals surface area contributed by atoms with E-state index in [2.05, 4.69) is 11.8 Å². The van der Waals surface area contributed by atoms with E-state index in [0.717, 1.165) is 24.7 Å². The van der Waals surface area contributed by atoms with Crippen LogP contribution in [-0.4, -0.2) is 25.7 Å². The smallest absolute Gasteiger partial charge is 0.338 e. The van der Waals surface area contributed by atoms with Gasteiger partial charge in [0.25, 0.3) is 0 Å².